The Balaban J connectivity index is 1.96. The molecule has 2 aromatic rings. The van der Waals surface area contributed by atoms with E-state index in [1.54, 1.807) is 6.07 Å². The van der Waals surface area contributed by atoms with Crippen LogP contribution in [0, 0.1) is 0 Å². The standard InChI is InChI=1S/C27H42N2O4S/c1-8-26(3,4)20-12-14-24(22(18-20)27(5,6)9-2)33-17-11-10-16-29-34(30,31)21-13-15-25(32-7)23(28)19-21/h12-15,18-19,29H,8-11,16-17,28H2,1-7H3. The highest BCUT2D eigenvalue weighted by molar-refractivity contribution is 7.89. The molecular formula is C27H42N2O4S. The number of benzene rings is 2. The molecule has 0 aromatic heterocycles. The first-order valence-electron chi connectivity index (χ1n) is 12.1. The Labute approximate surface area is 206 Å². The number of nitrogens with two attached hydrogens (primary N) is 1. The van der Waals surface area contributed by atoms with Crippen LogP contribution in [0.5, 0.6) is 11.5 Å². The summed E-state index contributed by atoms with van der Waals surface area (Å²) < 4.78 is 38.9. The van der Waals surface area contributed by atoms with Crippen LogP contribution in [0.4, 0.5) is 5.69 Å². The summed E-state index contributed by atoms with van der Waals surface area (Å²) >= 11 is 0. The molecule has 2 rings (SSSR count). The Morgan fingerprint density at radius 3 is 2.15 bits per heavy atom. The van der Waals surface area contributed by atoms with Gasteiger partial charge >= 0.3 is 0 Å². The summed E-state index contributed by atoms with van der Waals surface area (Å²) in [6.07, 6.45) is 3.48. The van der Waals surface area contributed by atoms with Crippen molar-refractivity contribution in [1.82, 2.24) is 4.72 Å². The van der Waals surface area contributed by atoms with Gasteiger partial charge in [-0.15, -0.1) is 0 Å². The van der Waals surface area contributed by atoms with E-state index in [0.29, 0.717) is 25.3 Å². The maximum Gasteiger partial charge on any atom is 0.240 e. The highest BCUT2D eigenvalue weighted by Gasteiger charge is 2.26. The van der Waals surface area contributed by atoms with Gasteiger partial charge in [0.25, 0.3) is 0 Å². The average Bonchev–Trinajstić information content (AvgIpc) is 2.81. The predicted molar refractivity (Wildman–Crippen MR) is 140 cm³/mol. The van der Waals surface area contributed by atoms with Crippen molar-refractivity contribution in [3.8, 4) is 11.5 Å². The van der Waals surface area contributed by atoms with Crippen molar-refractivity contribution >= 4 is 15.7 Å². The zero-order chi connectivity index (χ0) is 25.6. The molecular weight excluding hydrogens is 448 g/mol. The highest BCUT2D eigenvalue weighted by Crippen LogP contribution is 2.38. The van der Waals surface area contributed by atoms with Crippen LogP contribution in [0.1, 0.15) is 78.4 Å². The molecule has 7 heteroatoms. The van der Waals surface area contributed by atoms with Crippen LogP contribution in [0.2, 0.25) is 0 Å². The van der Waals surface area contributed by atoms with E-state index in [-0.39, 0.29) is 21.4 Å². The number of rotatable bonds is 13. The quantitative estimate of drug-likeness (QED) is 0.274. The summed E-state index contributed by atoms with van der Waals surface area (Å²) in [5.74, 6) is 1.37. The molecule has 0 amide bonds. The van der Waals surface area contributed by atoms with Gasteiger partial charge in [-0.3, -0.25) is 0 Å². The van der Waals surface area contributed by atoms with Gasteiger partial charge in [-0.1, -0.05) is 53.7 Å². The molecule has 0 bridgehead atoms. The first-order valence-corrected chi connectivity index (χ1v) is 13.6. The number of nitrogen functional groups attached to an aromatic ring is 1. The van der Waals surface area contributed by atoms with Crippen LogP contribution in [0.15, 0.2) is 41.3 Å². The smallest absolute Gasteiger partial charge is 0.240 e. The van der Waals surface area contributed by atoms with E-state index in [2.05, 4.69) is 64.5 Å². The highest BCUT2D eigenvalue weighted by atomic mass is 32.2. The molecule has 0 radical (unpaired) electrons. The molecule has 0 saturated carbocycles. The molecule has 0 aliphatic rings. The zero-order valence-corrected chi connectivity index (χ0v) is 22.6. The zero-order valence-electron chi connectivity index (χ0n) is 21.8. The van der Waals surface area contributed by atoms with Crippen LogP contribution in [-0.2, 0) is 20.9 Å². The number of unbranched alkanes of at least 4 members (excludes halogenated alkanes) is 1. The van der Waals surface area contributed by atoms with Gasteiger partial charge < -0.3 is 15.2 Å². The third-order valence-corrected chi connectivity index (χ3v) is 8.35. The van der Waals surface area contributed by atoms with E-state index in [9.17, 15) is 8.42 Å². The first-order chi connectivity index (χ1) is 15.9. The molecule has 0 atom stereocenters. The second kappa shape index (κ2) is 11.5. The Morgan fingerprint density at radius 2 is 1.56 bits per heavy atom. The summed E-state index contributed by atoms with van der Waals surface area (Å²) in [5.41, 5.74) is 8.80. The molecule has 2 aromatic carbocycles. The van der Waals surface area contributed by atoms with Crippen molar-refractivity contribution in [3.63, 3.8) is 0 Å². The van der Waals surface area contributed by atoms with Crippen LogP contribution in [0.25, 0.3) is 0 Å². The minimum atomic E-state index is -3.62. The van der Waals surface area contributed by atoms with Gasteiger partial charge in [-0.05, 0) is 66.3 Å². The monoisotopic (exact) mass is 490 g/mol. The molecule has 3 N–H and O–H groups in total. The van der Waals surface area contributed by atoms with Crippen molar-refractivity contribution in [1.29, 1.82) is 0 Å². The minimum absolute atomic E-state index is 0.00497. The van der Waals surface area contributed by atoms with E-state index in [1.165, 1.54) is 30.4 Å². The average molecular weight is 491 g/mol. The fourth-order valence-electron chi connectivity index (χ4n) is 3.58. The second-order valence-corrected chi connectivity index (χ2v) is 11.8. The molecule has 0 unspecified atom stereocenters. The SMILES string of the molecule is CCC(C)(C)c1ccc(OCCCCNS(=O)(=O)c2ccc(OC)c(N)c2)c(C(C)(C)CC)c1. The summed E-state index contributed by atoms with van der Waals surface area (Å²) in [7, 11) is -2.13. The topological polar surface area (TPSA) is 90.6 Å². The van der Waals surface area contributed by atoms with Gasteiger partial charge in [0.1, 0.15) is 11.5 Å². The van der Waals surface area contributed by atoms with Gasteiger partial charge in [0.2, 0.25) is 10.0 Å². The number of anilines is 1. The summed E-state index contributed by atoms with van der Waals surface area (Å²) in [6.45, 7) is 14.3. The molecule has 34 heavy (non-hydrogen) atoms. The van der Waals surface area contributed by atoms with Crippen LogP contribution in [-0.4, -0.2) is 28.7 Å². The van der Waals surface area contributed by atoms with E-state index in [4.69, 9.17) is 15.2 Å². The predicted octanol–water partition coefficient (Wildman–Crippen LogP) is 5.79. The molecule has 0 aliphatic carbocycles. The third kappa shape index (κ3) is 6.89. The number of methoxy groups -OCH3 is 1. The lowest BCUT2D eigenvalue weighted by molar-refractivity contribution is 0.296. The van der Waals surface area contributed by atoms with Crippen molar-refractivity contribution in [2.24, 2.45) is 0 Å². The molecule has 0 saturated heterocycles. The molecule has 0 fully saturated rings. The Morgan fingerprint density at radius 1 is 0.912 bits per heavy atom. The van der Waals surface area contributed by atoms with Crippen molar-refractivity contribution in [3.05, 3.63) is 47.5 Å². The van der Waals surface area contributed by atoms with Crippen LogP contribution < -0.4 is 19.9 Å². The van der Waals surface area contributed by atoms with E-state index >= 15 is 0 Å². The lowest BCUT2D eigenvalue weighted by Gasteiger charge is -2.30. The van der Waals surface area contributed by atoms with E-state index in [0.717, 1.165) is 25.0 Å². The largest absolute Gasteiger partial charge is 0.495 e. The molecule has 0 heterocycles. The minimum Gasteiger partial charge on any atom is -0.495 e. The lowest BCUT2D eigenvalue weighted by atomic mass is 9.76. The van der Waals surface area contributed by atoms with Gasteiger partial charge in [0.15, 0.2) is 0 Å². The fourth-order valence-corrected chi connectivity index (χ4v) is 4.69. The molecule has 190 valence electrons. The lowest BCUT2D eigenvalue weighted by Crippen LogP contribution is -2.25. The Kier molecular flexibility index (Phi) is 9.43. The number of nitrogens with one attached hydrogen (secondary N) is 1. The van der Waals surface area contributed by atoms with Gasteiger partial charge in [-0.25, -0.2) is 13.1 Å². The third-order valence-electron chi connectivity index (χ3n) is 6.89. The van der Waals surface area contributed by atoms with Gasteiger partial charge in [-0.2, -0.15) is 0 Å². The van der Waals surface area contributed by atoms with E-state index < -0.39 is 10.0 Å². The van der Waals surface area contributed by atoms with Crippen LogP contribution in [0.3, 0.4) is 0 Å². The van der Waals surface area contributed by atoms with E-state index in [1.807, 2.05) is 0 Å². The maximum atomic E-state index is 12.5. The van der Waals surface area contributed by atoms with Crippen molar-refractivity contribution < 1.29 is 17.9 Å². The first kappa shape index (κ1) is 28.0. The molecule has 0 spiro atoms. The van der Waals surface area contributed by atoms with Crippen molar-refractivity contribution in [2.75, 3.05) is 26.0 Å². The summed E-state index contributed by atoms with van der Waals surface area (Å²) in [5, 5.41) is 0. The van der Waals surface area contributed by atoms with Gasteiger partial charge in [0.05, 0.1) is 24.3 Å². The number of sulfonamides is 1. The fraction of sp³-hybridized carbons (Fsp3) is 0.556. The maximum absolute atomic E-state index is 12.5. The number of hydrogen-bond acceptors (Lipinski definition) is 5. The number of ether oxygens (including phenoxy) is 2. The molecule has 0 aliphatic heterocycles. The van der Waals surface area contributed by atoms with Crippen molar-refractivity contribution in [2.45, 2.75) is 83.0 Å². The summed E-state index contributed by atoms with van der Waals surface area (Å²) in [4.78, 5) is 0.128. The normalized spacial score (nSPS) is 12.6. The second-order valence-electron chi connectivity index (χ2n) is 10.0. The summed E-state index contributed by atoms with van der Waals surface area (Å²) in [6, 6.07) is 11.0. The van der Waals surface area contributed by atoms with Gasteiger partial charge in [0, 0.05) is 12.1 Å². The molecule has 6 nitrogen and oxygen atoms in total. The Bertz CT molecular complexity index is 1060. The number of hydrogen-bond donors (Lipinski definition) is 2. The van der Waals surface area contributed by atoms with Crippen LogP contribution >= 0.6 is 0 Å². The Hall–Kier alpha value is -2.25.